The van der Waals surface area contributed by atoms with Crippen LogP contribution in [0.1, 0.15) is 42.8 Å². The molecule has 3 heterocycles. The van der Waals surface area contributed by atoms with Crippen LogP contribution in [-0.2, 0) is 4.79 Å². The van der Waals surface area contributed by atoms with E-state index < -0.39 is 0 Å². The Labute approximate surface area is 159 Å². The molecule has 1 N–H and O–H groups in total. The Morgan fingerprint density at radius 2 is 2.08 bits per heavy atom. The minimum Gasteiger partial charge on any atom is -0.337 e. The summed E-state index contributed by atoms with van der Waals surface area (Å²) in [5, 5.41) is 13.1. The molecule has 0 bridgehead atoms. The summed E-state index contributed by atoms with van der Waals surface area (Å²) in [6, 6.07) is 4.18. The fourth-order valence-electron chi connectivity index (χ4n) is 3.00. The summed E-state index contributed by atoms with van der Waals surface area (Å²) in [7, 11) is 0. The summed E-state index contributed by atoms with van der Waals surface area (Å²) in [5.41, 5.74) is 0. The van der Waals surface area contributed by atoms with Crippen molar-refractivity contribution in [2.45, 2.75) is 49.5 Å². The first kappa shape index (κ1) is 18.3. The first-order valence-electron chi connectivity index (χ1n) is 8.17. The number of hydrogen-bond acceptors (Lipinski definition) is 7. The van der Waals surface area contributed by atoms with E-state index in [0.29, 0.717) is 32.2 Å². The molecular formula is C16H20N4O2S3. The van der Waals surface area contributed by atoms with Gasteiger partial charge in [0.1, 0.15) is 0 Å². The van der Waals surface area contributed by atoms with Gasteiger partial charge in [-0.2, -0.15) is 0 Å². The number of rotatable bonds is 5. The lowest BCUT2D eigenvalue weighted by molar-refractivity contribution is -0.134. The molecule has 0 spiro atoms. The standard InChI is InChI=1S/C16H20N4O2S3/c1-10-5-3-6-11(2)20(10)13(21)9-24-16-19-18-15(25-16)17-14(22)12-7-4-8-23-12/h4,7-8,10-11H,3,5-6,9H2,1-2H3,(H,17,18,22)/t10-,11-/m0/s1. The number of carbonyl (C=O) groups excluding carboxylic acids is 2. The Bertz CT molecular complexity index is 722. The molecule has 3 rings (SSSR count). The second kappa shape index (κ2) is 8.29. The van der Waals surface area contributed by atoms with Gasteiger partial charge in [0.2, 0.25) is 11.0 Å². The van der Waals surface area contributed by atoms with Crippen LogP contribution in [-0.4, -0.2) is 44.7 Å². The molecule has 6 nitrogen and oxygen atoms in total. The Kier molecular flexibility index (Phi) is 6.08. The minimum absolute atomic E-state index is 0.143. The van der Waals surface area contributed by atoms with Gasteiger partial charge < -0.3 is 4.90 Å². The molecule has 0 unspecified atom stereocenters. The van der Waals surface area contributed by atoms with Gasteiger partial charge in [-0.1, -0.05) is 29.2 Å². The number of anilines is 1. The van der Waals surface area contributed by atoms with Crippen molar-refractivity contribution in [1.29, 1.82) is 0 Å². The molecule has 0 aliphatic carbocycles. The zero-order chi connectivity index (χ0) is 17.8. The first-order valence-corrected chi connectivity index (χ1v) is 10.8. The fourth-order valence-corrected chi connectivity index (χ4v) is 5.23. The lowest BCUT2D eigenvalue weighted by Gasteiger charge is -2.39. The molecule has 1 saturated heterocycles. The first-order chi connectivity index (χ1) is 12.0. The van der Waals surface area contributed by atoms with E-state index in [9.17, 15) is 9.59 Å². The number of likely N-dealkylation sites (tertiary alicyclic amines) is 1. The molecule has 1 aliphatic rings. The van der Waals surface area contributed by atoms with E-state index >= 15 is 0 Å². The van der Waals surface area contributed by atoms with Crippen LogP contribution in [0.15, 0.2) is 21.9 Å². The zero-order valence-electron chi connectivity index (χ0n) is 14.1. The van der Waals surface area contributed by atoms with Crippen LogP contribution in [0.5, 0.6) is 0 Å². The summed E-state index contributed by atoms with van der Waals surface area (Å²) >= 11 is 4.04. The Morgan fingerprint density at radius 3 is 2.76 bits per heavy atom. The van der Waals surface area contributed by atoms with E-state index in [1.807, 2.05) is 16.3 Å². The third-order valence-corrected chi connectivity index (χ3v) is 7.00. The number of carbonyl (C=O) groups is 2. The maximum Gasteiger partial charge on any atom is 0.267 e. The minimum atomic E-state index is -0.185. The summed E-state index contributed by atoms with van der Waals surface area (Å²) in [6.45, 7) is 4.22. The monoisotopic (exact) mass is 396 g/mol. The van der Waals surface area contributed by atoms with Gasteiger partial charge in [-0.25, -0.2) is 0 Å². The van der Waals surface area contributed by atoms with Crippen LogP contribution in [0.2, 0.25) is 0 Å². The molecule has 0 saturated carbocycles. The van der Waals surface area contributed by atoms with E-state index in [-0.39, 0.29) is 11.8 Å². The van der Waals surface area contributed by atoms with Gasteiger partial charge in [0, 0.05) is 12.1 Å². The van der Waals surface area contributed by atoms with Crippen molar-refractivity contribution in [2.75, 3.05) is 11.1 Å². The van der Waals surface area contributed by atoms with Crippen LogP contribution in [0.25, 0.3) is 0 Å². The largest absolute Gasteiger partial charge is 0.337 e. The molecule has 1 fully saturated rings. The maximum absolute atomic E-state index is 12.5. The topological polar surface area (TPSA) is 75.2 Å². The number of thiophene rings is 1. The van der Waals surface area contributed by atoms with Crippen molar-refractivity contribution in [3.05, 3.63) is 22.4 Å². The van der Waals surface area contributed by atoms with E-state index in [4.69, 9.17) is 0 Å². The van der Waals surface area contributed by atoms with Crippen molar-refractivity contribution in [2.24, 2.45) is 0 Å². The number of amides is 2. The van der Waals surface area contributed by atoms with Crippen LogP contribution in [0, 0.1) is 0 Å². The summed E-state index contributed by atoms with van der Waals surface area (Å²) in [4.78, 5) is 27.2. The molecule has 2 atom stereocenters. The second-order valence-corrected chi connectivity index (χ2v) is 9.17. The number of nitrogens with one attached hydrogen (secondary N) is 1. The van der Waals surface area contributed by atoms with Crippen LogP contribution in [0.4, 0.5) is 5.13 Å². The predicted octanol–water partition coefficient (Wildman–Crippen LogP) is 3.73. The highest BCUT2D eigenvalue weighted by Gasteiger charge is 2.28. The van der Waals surface area contributed by atoms with Gasteiger partial charge in [-0.3, -0.25) is 14.9 Å². The summed E-state index contributed by atoms with van der Waals surface area (Å²) < 4.78 is 0.687. The normalized spacial score (nSPS) is 20.5. The highest BCUT2D eigenvalue weighted by atomic mass is 32.2. The molecule has 9 heteroatoms. The molecule has 0 radical (unpaired) electrons. The van der Waals surface area contributed by atoms with Crippen LogP contribution in [0.3, 0.4) is 0 Å². The Hall–Kier alpha value is -1.45. The molecule has 2 amide bonds. The third-order valence-electron chi connectivity index (χ3n) is 4.17. The predicted molar refractivity (Wildman–Crippen MR) is 103 cm³/mol. The number of aromatic nitrogens is 2. The average Bonchev–Trinajstić information content (AvgIpc) is 3.24. The highest BCUT2D eigenvalue weighted by molar-refractivity contribution is 8.01. The van der Waals surface area contributed by atoms with Gasteiger partial charge in [0.05, 0.1) is 10.6 Å². The van der Waals surface area contributed by atoms with E-state index in [2.05, 4.69) is 29.4 Å². The van der Waals surface area contributed by atoms with E-state index in [0.717, 1.165) is 12.8 Å². The summed E-state index contributed by atoms with van der Waals surface area (Å²) in [5.74, 6) is 0.307. The van der Waals surface area contributed by atoms with E-state index in [1.54, 1.807) is 6.07 Å². The lowest BCUT2D eigenvalue weighted by atomic mass is 9.98. The van der Waals surface area contributed by atoms with Crippen molar-refractivity contribution in [3.8, 4) is 0 Å². The number of piperidine rings is 1. The smallest absolute Gasteiger partial charge is 0.267 e. The quantitative estimate of drug-likeness (QED) is 0.616. The Balaban J connectivity index is 1.53. The fraction of sp³-hybridized carbons (Fsp3) is 0.500. The lowest BCUT2D eigenvalue weighted by Crippen LogP contribution is -2.48. The molecule has 1 aliphatic heterocycles. The number of hydrogen-bond donors (Lipinski definition) is 1. The van der Waals surface area contributed by atoms with Gasteiger partial charge >= 0.3 is 0 Å². The van der Waals surface area contributed by atoms with Crippen molar-refractivity contribution >= 4 is 51.4 Å². The molecule has 2 aromatic rings. The summed E-state index contributed by atoms with van der Waals surface area (Å²) in [6.07, 6.45) is 3.32. The van der Waals surface area contributed by atoms with Crippen molar-refractivity contribution in [1.82, 2.24) is 15.1 Å². The SMILES string of the molecule is C[C@H]1CCC[C@H](C)N1C(=O)CSc1nnc(NC(=O)c2cccs2)s1. The van der Waals surface area contributed by atoms with E-state index in [1.165, 1.54) is 40.9 Å². The molecule has 25 heavy (non-hydrogen) atoms. The zero-order valence-corrected chi connectivity index (χ0v) is 16.5. The van der Waals surface area contributed by atoms with Crippen molar-refractivity contribution in [3.63, 3.8) is 0 Å². The van der Waals surface area contributed by atoms with Crippen molar-refractivity contribution < 1.29 is 9.59 Å². The average molecular weight is 397 g/mol. The van der Waals surface area contributed by atoms with Gasteiger partial charge in [-0.15, -0.1) is 21.5 Å². The maximum atomic E-state index is 12.5. The molecule has 2 aromatic heterocycles. The number of thioether (sulfide) groups is 1. The van der Waals surface area contributed by atoms with Crippen LogP contribution >= 0.6 is 34.4 Å². The molecular weight excluding hydrogens is 376 g/mol. The molecule has 0 aromatic carbocycles. The van der Waals surface area contributed by atoms with Gasteiger partial charge in [-0.05, 0) is 44.6 Å². The Morgan fingerprint density at radius 1 is 1.32 bits per heavy atom. The third kappa shape index (κ3) is 4.59. The molecule has 134 valence electrons. The second-order valence-electron chi connectivity index (χ2n) is 6.02. The van der Waals surface area contributed by atoms with Crippen LogP contribution < -0.4 is 5.32 Å². The highest BCUT2D eigenvalue weighted by Crippen LogP contribution is 2.28. The number of nitrogens with zero attached hydrogens (tertiary/aromatic N) is 3. The van der Waals surface area contributed by atoms with Gasteiger partial charge in [0.15, 0.2) is 4.34 Å². The van der Waals surface area contributed by atoms with Gasteiger partial charge in [0.25, 0.3) is 5.91 Å².